The van der Waals surface area contributed by atoms with E-state index in [0.717, 1.165) is 17.7 Å². The standard InChI is InChI=1S/C11H13ClO/c1-3-9(2)8-13-11-6-4-5-10(12)7-11/h4-7H,2-3,8H2,1H3. The minimum atomic E-state index is 0.566. The summed E-state index contributed by atoms with van der Waals surface area (Å²) in [6.07, 6.45) is 0.945. The first kappa shape index (κ1) is 10.1. The van der Waals surface area contributed by atoms with Gasteiger partial charge in [0.05, 0.1) is 0 Å². The average molecular weight is 197 g/mol. The lowest BCUT2D eigenvalue weighted by molar-refractivity contribution is 0.349. The Bertz CT molecular complexity index is 294. The molecule has 0 aromatic heterocycles. The van der Waals surface area contributed by atoms with Crippen molar-refractivity contribution < 1.29 is 4.74 Å². The summed E-state index contributed by atoms with van der Waals surface area (Å²) < 4.78 is 5.46. The molecule has 0 amide bonds. The first-order valence-corrected chi connectivity index (χ1v) is 4.65. The van der Waals surface area contributed by atoms with Gasteiger partial charge < -0.3 is 4.74 Å². The van der Waals surface area contributed by atoms with E-state index >= 15 is 0 Å². The Hall–Kier alpha value is -0.950. The molecule has 13 heavy (non-hydrogen) atoms. The lowest BCUT2D eigenvalue weighted by Crippen LogP contribution is -1.98. The predicted octanol–water partition coefficient (Wildman–Crippen LogP) is 3.69. The van der Waals surface area contributed by atoms with Crippen LogP contribution in [0.3, 0.4) is 0 Å². The van der Waals surface area contributed by atoms with Crippen LogP contribution in [0.25, 0.3) is 0 Å². The van der Waals surface area contributed by atoms with Gasteiger partial charge in [0.1, 0.15) is 12.4 Å². The Kier molecular flexibility index (Phi) is 3.84. The van der Waals surface area contributed by atoms with Crippen LogP contribution in [0.5, 0.6) is 5.75 Å². The molecule has 0 aliphatic rings. The van der Waals surface area contributed by atoms with E-state index in [1.54, 1.807) is 6.07 Å². The van der Waals surface area contributed by atoms with Crippen molar-refractivity contribution in [2.45, 2.75) is 13.3 Å². The fraction of sp³-hybridized carbons (Fsp3) is 0.273. The summed E-state index contributed by atoms with van der Waals surface area (Å²) in [5, 5.41) is 0.694. The quantitative estimate of drug-likeness (QED) is 0.668. The summed E-state index contributed by atoms with van der Waals surface area (Å²) in [5.41, 5.74) is 1.08. The SMILES string of the molecule is C=C(CC)COc1cccc(Cl)c1. The molecule has 0 aliphatic heterocycles. The van der Waals surface area contributed by atoms with Gasteiger partial charge in [0.25, 0.3) is 0 Å². The van der Waals surface area contributed by atoms with Crippen LogP contribution >= 0.6 is 11.6 Å². The van der Waals surface area contributed by atoms with Crippen molar-refractivity contribution in [3.8, 4) is 5.75 Å². The first-order valence-electron chi connectivity index (χ1n) is 4.27. The van der Waals surface area contributed by atoms with Crippen LogP contribution in [-0.2, 0) is 0 Å². The topological polar surface area (TPSA) is 9.23 Å². The highest BCUT2D eigenvalue weighted by Gasteiger charge is 1.95. The van der Waals surface area contributed by atoms with E-state index in [4.69, 9.17) is 16.3 Å². The molecule has 0 atom stereocenters. The van der Waals surface area contributed by atoms with Gasteiger partial charge in [-0.2, -0.15) is 0 Å². The van der Waals surface area contributed by atoms with E-state index in [1.807, 2.05) is 18.2 Å². The maximum Gasteiger partial charge on any atom is 0.121 e. The van der Waals surface area contributed by atoms with Crippen LogP contribution in [-0.4, -0.2) is 6.61 Å². The monoisotopic (exact) mass is 196 g/mol. The average Bonchev–Trinajstić information content (AvgIpc) is 2.14. The minimum absolute atomic E-state index is 0.566. The molecule has 1 aromatic carbocycles. The number of hydrogen-bond acceptors (Lipinski definition) is 1. The Balaban J connectivity index is 2.50. The predicted molar refractivity (Wildman–Crippen MR) is 56.4 cm³/mol. The van der Waals surface area contributed by atoms with Crippen molar-refractivity contribution in [2.75, 3.05) is 6.61 Å². The minimum Gasteiger partial charge on any atom is -0.489 e. The van der Waals surface area contributed by atoms with E-state index in [2.05, 4.69) is 13.5 Å². The van der Waals surface area contributed by atoms with Crippen molar-refractivity contribution in [1.82, 2.24) is 0 Å². The van der Waals surface area contributed by atoms with E-state index in [1.165, 1.54) is 0 Å². The molecule has 1 rings (SSSR count). The number of hydrogen-bond donors (Lipinski definition) is 0. The molecule has 1 aromatic rings. The number of ether oxygens (including phenoxy) is 1. The molecule has 2 heteroatoms. The largest absolute Gasteiger partial charge is 0.489 e. The summed E-state index contributed by atoms with van der Waals surface area (Å²) in [5.74, 6) is 0.794. The number of rotatable bonds is 4. The fourth-order valence-electron chi connectivity index (χ4n) is 0.844. The van der Waals surface area contributed by atoms with Crippen molar-refractivity contribution in [3.63, 3.8) is 0 Å². The summed E-state index contributed by atoms with van der Waals surface area (Å²) >= 11 is 5.79. The molecule has 0 heterocycles. The lowest BCUT2D eigenvalue weighted by Gasteiger charge is -2.06. The Morgan fingerprint density at radius 1 is 1.54 bits per heavy atom. The molecule has 0 fully saturated rings. The Morgan fingerprint density at radius 3 is 2.92 bits per heavy atom. The zero-order valence-electron chi connectivity index (χ0n) is 7.72. The summed E-state index contributed by atoms with van der Waals surface area (Å²) in [6, 6.07) is 7.37. The van der Waals surface area contributed by atoms with Crippen molar-refractivity contribution in [3.05, 3.63) is 41.4 Å². The molecule has 0 N–H and O–H groups in total. The van der Waals surface area contributed by atoms with Gasteiger partial charge >= 0.3 is 0 Å². The van der Waals surface area contributed by atoms with Crippen molar-refractivity contribution in [2.24, 2.45) is 0 Å². The van der Waals surface area contributed by atoms with Gasteiger partial charge in [0.15, 0.2) is 0 Å². The summed E-state index contributed by atoms with van der Waals surface area (Å²) in [6.45, 7) is 6.48. The molecule has 0 spiro atoms. The first-order chi connectivity index (χ1) is 6.22. The molecule has 0 saturated heterocycles. The van der Waals surface area contributed by atoms with Crippen LogP contribution in [0.4, 0.5) is 0 Å². The van der Waals surface area contributed by atoms with Crippen LogP contribution < -0.4 is 4.74 Å². The maximum absolute atomic E-state index is 5.79. The zero-order chi connectivity index (χ0) is 9.68. The van der Waals surface area contributed by atoms with Crippen LogP contribution in [0.1, 0.15) is 13.3 Å². The zero-order valence-corrected chi connectivity index (χ0v) is 8.47. The normalized spacial score (nSPS) is 9.69. The lowest BCUT2D eigenvalue weighted by atomic mass is 10.2. The highest BCUT2D eigenvalue weighted by Crippen LogP contribution is 2.17. The molecule has 0 radical (unpaired) electrons. The van der Waals surface area contributed by atoms with E-state index in [0.29, 0.717) is 11.6 Å². The molecule has 0 aliphatic carbocycles. The second-order valence-electron chi connectivity index (χ2n) is 2.85. The second kappa shape index (κ2) is 4.93. The van der Waals surface area contributed by atoms with Crippen LogP contribution in [0.2, 0.25) is 5.02 Å². The molecular weight excluding hydrogens is 184 g/mol. The van der Waals surface area contributed by atoms with Gasteiger partial charge in [-0.3, -0.25) is 0 Å². The fourth-order valence-corrected chi connectivity index (χ4v) is 1.02. The number of benzene rings is 1. The third-order valence-electron chi connectivity index (χ3n) is 1.74. The van der Waals surface area contributed by atoms with Crippen LogP contribution in [0, 0.1) is 0 Å². The van der Waals surface area contributed by atoms with Crippen molar-refractivity contribution in [1.29, 1.82) is 0 Å². The van der Waals surface area contributed by atoms with E-state index < -0.39 is 0 Å². The Morgan fingerprint density at radius 2 is 2.31 bits per heavy atom. The highest BCUT2D eigenvalue weighted by molar-refractivity contribution is 6.30. The van der Waals surface area contributed by atoms with Gasteiger partial charge in [0.2, 0.25) is 0 Å². The second-order valence-corrected chi connectivity index (χ2v) is 3.29. The molecule has 70 valence electrons. The van der Waals surface area contributed by atoms with Gasteiger partial charge in [0, 0.05) is 5.02 Å². The van der Waals surface area contributed by atoms with Gasteiger partial charge in [-0.25, -0.2) is 0 Å². The number of halogens is 1. The molecular formula is C11H13ClO. The highest BCUT2D eigenvalue weighted by atomic mass is 35.5. The van der Waals surface area contributed by atoms with Crippen molar-refractivity contribution >= 4 is 11.6 Å². The smallest absolute Gasteiger partial charge is 0.121 e. The molecule has 0 unspecified atom stereocenters. The Labute approximate surface area is 84.0 Å². The molecule has 0 bridgehead atoms. The summed E-state index contributed by atoms with van der Waals surface area (Å²) in [4.78, 5) is 0. The molecule has 1 nitrogen and oxygen atoms in total. The van der Waals surface area contributed by atoms with E-state index in [-0.39, 0.29) is 0 Å². The third kappa shape index (κ3) is 3.51. The maximum atomic E-state index is 5.79. The van der Waals surface area contributed by atoms with Gasteiger partial charge in [-0.1, -0.05) is 31.2 Å². The van der Waals surface area contributed by atoms with Crippen LogP contribution in [0.15, 0.2) is 36.4 Å². The third-order valence-corrected chi connectivity index (χ3v) is 1.97. The van der Waals surface area contributed by atoms with E-state index in [9.17, 15) is 0 Å². The summed E-state index contributed by atoms with van der Waals surface area (Å²) in [7, 11) is 0. The van der Waals surface area contributed by atoms with Gasteiger partial charge in [-0.05, 0) is 30.2 Å². The van der Waals surface area contributed by atoms with Gasteiger partial charge in [-0.15, -0.1) is 0 Å². The molecule has 0 saturated carbocycles.